The molecule has 1 saturated heterocycles. The Morgan fingerprint density at radius 1 is 1.00 bits per heavy atom. The van der Waals surface area contributed by atoms with Crippen LogP contribution in [-0.4, -0.2) is 64.0 Å². The fourth-order valence-electron chi connectivity index (χ4n) is 5.00. The molecular weight excluding hydrogens is 464 g/mol. The van der Waals surface area contributed by atoms with Crippen LogP contribution in [0.4, 0.5) is 5.69 Å². The van der Waals surface area contributed by atoms with Crippen LogP contribution in [0.3, 0.4) is 0 Å². The van der Waals surface area contributed by atoms with Crippen molar-refractivity contribution in [2.75, 3.05) is 37.6 Å². The Kier molecular flexibility index (Phi) is 5.34. The van der Waals surface area contributed by atoms with Crippen molar-refractivity contribution in [2.45, 2.75) is 19.9 Å². The number of carbonyl (C=O) groups is 2. The van der Waals surface area contributed by atoms with Crippen molar-refractivity contribution in [2.24, 2.45) is 0 Å². The molecule has 178 valence electrons. The number of nitrogens with zero attached hydrogens (tertiary/aromatic N) is 6. The lowest BCUT2D eigenvalue weighted by Gasteiger charge is -2.36. The smallest absolute Gasteiger partial charge is 0.220 e. The van der Waals surface area contributed by atoms with Crippen molar-refractivity contribution >= 4 is 38.8 Å². The van der Waals surface area contributed by atoms with Gasteiger partial charge in [0.15, 0.2) is 5.69 Å². The normalized spacial score (nSPS) is 16.1. The Labute approximate surface area is 205 Å². The van der Waals surface area contributed by atoms with Crippen molar-refractivity contribution < 1.29 is 14.5 Å². The SMILES string of the molecule is Cc1nc2ccc(N3CCN(CCCn4c5c(n[n+]4[O-])C(=O)c4ccccc4C5=O)CC3)cc2s1. The number of hydrogen-bond donors (Lipinski definition) is 0. The number of piperazine rings is 1. The maximum absolute atomic E-state index is 13.0. The summed E-state index contributed by atoms with van der Waals surface area (Å²) in [7, 11) is 0. The summed E-state index contributed by atoms with van der Waals surface area (Å²) >= 11 is 1.72. The molecule has 0 radical (unpaired) electrons. The third-order valence-corrected chi connectivity index (χ3v) is 7.72. The second-order valence-electron chi connectivity index (χ2n) is 8.94. The van der Waals surface area contributed by atoms with Crippen LogP contribution in [0.2, 0.25) is 0 Å². The first-order chi connectivity index (χ1) is 17.0. The van der Waals surface area contributed by atoms with Gasteiger partial charge in [-0.15, -0.1) is 16.0 Å². The van der Waals surface area contributed by atoms with E-state index in [0.717, 1.165) is 43.2 Å². The highest BCUT2D eigenvalue weighted by Gasteiger charge is 2.39. The first-order valence-electron chi connectivity index (χ1n) is 11.7. The van der Waals surface area contributed by atoms with Gasteiger partial charge in [-0.2, -0.15) is 0 Å². The minimum atomic E-state index is -0.374. The Balaban J connectivity index is 1.09. The number of thiazole rings is 1. The maximum Gasteiger partial charge on any atom is 0.220 e. The number of aromatic nitrogens is 4. The molecule has 2 aromatic carbocycles. The van der Waals surface area contributed by atoms with Crippen LogP contribution >= 0.6 is 11.3 Å². The van der Waals surface area contributed by atoms with E-state index in [1.165, 1.54) is 15.1 Å². The summed E-state index contributed by atoms with van der Waals surface area (Å²) in [5, 5.41) is 17.4. The highest BCUT2D eigenvalue weighted by molar-refractivity contribution is 7.18. The van der Waals surface area contributed by atoms with Crippen LogP contribution in [-0.2, 0) is 6.54 Å². The van der Waals surface area contributed by atoms with Crippen molar-refractivity contribution in [1.82, 2.24) is 19.7 Å². The molecule has 1 aliphatic heterocycles. The molecule has 0 amide bonds. The minimum Gasteiger partial charge on any atom is -0.571 e. The fraction of sp³-hybridized carbons (Fsp3) is 0.320. The lowest BCUT2D eigenvalue weighted by molar-refractivity contribution is -0.749. The van der Waals surface area contributed by atoms with Gasteiger partial charge < -0.3 is 10.1 Å². The molecule has 0 spiro atoms. The molecular formula is C25H24N6O3S. The van der Waals surface area contributed by atoms with Crippen LogP contribution < -0.4 is 9.86 Å². The lowest BCUT2D eigenvalue weighted by atomic mass is 9.90. The Bertz CT molecular complexity index is 1470. The van der Waals surface area contributed by atoms with Gasteiger partial charge in [0.2, 0.25) is 17.3 Å². The van der Waals surface area contributed by atoms with Gasteiger partial charge in [0.05, 0.1) is 21.8 Å². The Hall–Kier alpha value is -3.63. The lowest BCUT2D eigenvalue weighted by Crippen LogP contribution is -2.47. The highest BCUT2D eigenvalue weighted by atomic mass is 32.1. The van der Waals surface area contributed by atoms with Crippen LogP contribution in [0.5, 0.6) is 0 Å². The van der Waals surface area contributed by atoms with Crippen LogP contribution in [0.1, 0.15) is 43.5 Å². The predicted molar refractivity (Wildman–Crippen MR) is 132 cm³/mol. The van der Waals surface area contributed by atoms with Crippen molar-refractivity contribution in [3.8, 4) is 0 Å². The van der Waals surface area contributed by atoms with Gasteiger partial charge in [0, 0.05) is 59.6 Å². The molecule has 0 bridgehead atoms. The van der Waals surface area contributed by atoms with E-state index in [1.54, 1.807) is 35.6 Å². The monoisotopic (exact) mass is 488 g/mol. The Morgan fingerprint density at radius 3 is 2.51 bits per heavy atom. The third-order valence-electron chi connectivity index (χ3n) is 6.78. The van der Waals surface area contributed by atoms with E-state index in [-0.39, 0.29) is 23.0 Å². The number of benzene rings is 2. The number of hydrogen-bond acceptors (Lipinski definition) is 8. The number of carbonyl (C=O) groups excluding carboxylic acids is 2. The predicted octanol–water partition coefficient (Wildman–Crippen LogP) is 2.42. The summed E-state index contributed by atoms with van der Waals surface area (Å²) in [5.74, 6) is -0.694. The van der Waals surface area contributed by atoms with Gasteiger partial charge in [0.1, 0.15) is 0 Å². The molecule has 6 rings (SSSR count). The molecule has 0 saturated carbocycles. The van der Waals surface area contributed by atoms with E-state index in [2.05, 4.69) is 38.1 Å². The van der Waals surface area contributed by atoms with Gasteiger partial charge in [-0.25, -0.2) is 4.98 Å². The molecule has 35 heavy (non-hydrogen) atoms. The van der Waals surface area contributed by atoms with Gasteiger partial charge in [0.25, 0.3) is 0 Å². The third kappa shape index (κ3) is 3.78. The Morgan fingerprint density at radius 2 is 1.74 bits per heavy atom. The number of rotatable bonds is 5. The van der Waals surface area contributed by atoms with Gasteiger partial charge in [-0.3, -0.25) is 14.5 Å². The highest BCUT2D eigenvalue weighted by Crippen LogP contribution is 2.28. The molecule has 3 heterocycles. The molecule has 1 fully saturated rings. The second kappa shape index (κ2) is 8.54. The first-order valence-corrected chi connectivity index (χ1v) is 12.5. The fourth-order valence-corrected chi connectivity index (χ4v) is 5.86. The van der Waals surface area contributed by atoms with Gasteiger partial charge in [-0.05, 0) is 31.5 Å². The maximum atomic E-state index is 13.0. The molecule has 10 heteroatoms. The summed E-state index contributed by atoms with van der Waals surface area (Å²) in [6.07, 6.45) is 0.681. The summed E-state index contributed by atoms with van der Waals surface area (Å²) < 4.78 is 2.52. The molecule has 4 aromatic rings. The summed E-state index contributed by atoms with van der Waals surface area (Å²) in [6, 6.07) is 13.1. The summed E-state index contributed by atoms with van der Waals surface area (Å²) in [6.45, 7) is 6.85. The van der Waals surface area contributed by atoms with E-state index in [9.17, 15) is 14.8 Å². The van der Waals surface area contributed by atoms with Crippen LogP contribution in [0.15, 0.2) is 42.5 Å². The average molecular weight is 489 g/mol. The zero-order valence-corrected chi connectivity index (χ0v) is 20.1. The first kappa shape index (κ1) is 21.9. The number of anilines is 1. The van der Waals surface area contributed by atoms with Crippen LogP contribution in [0, 0.1) is 12.1 Å². The number of ketones is 2. The van der Waals surface area contributed by atoms with Crippen LogP contribution in [0.25, 0.3) is 10.2 Å². The molecule has 2 aliphatic rings. The molecule has 0 unspecified atom stereocenters. The molecule has 2 aromatic heterocycles. The molecule has 0 N–H and O–H groups in total. The zero-order chi connectivity index (χ0) is 24.1. The largest absolute Gasteiger partial charge is 0.571 e. The number of aryl methyl sites for hydroxylation is 1. The zero-order valence-electron chi connectivity index (χ0n) is 19.3. The van der Waals surface area contributed by atoms with Crippen molar-refractivity contribution in [1.29, 1.82) is 0 Å². The molecule has 0 atom stereocenters. The molecule has 9 nitrogen and oxygen atoms in total. The van der Waals surface area contributed by atoms with E-state index < -0.39 is 0 Å². The van der Waals surface area contributed by atoms with E-state index in [4.69, 9.17) is 0 Å². The van der Waals surface area contributed by atoms with Gasteiger partial charge in [-0.1, -0.05) is 24.3 Å². The number of fused-ring (bicyclic) bond motifs is 3. The molecule has 1 aliphatic carbocycles. The summed E-state index contributed by atoms with van der Waals surface area (Å²) in [5.41, 5.74) is 2.96. The average Bonchev–Trinajstić information content (AvgIpc) is 3.41. The second-order valence-corrected chi connectivity index (χ2v) is 10.2. The quantitative estimate of drug-likeness (QED) is 0.277. The van der Waals surface area contributed by atoms with Crippen molar-refractivity contribution in [3.63, 3.8) is 0 Å². The minimum absolute atomic E-state index is 0.0505. The van der Waals surface area contributed by atoms with E-state index in [1.807, 2.05) is 6.92 Å². The van der Waals surface area contributed by atoms with Gasteiger partial charge >= 0.3 is 0 Å². The standard InChI is InChI=1S/C25H24N6O3S/c1-16-26-20-8-7-17(15-21(20)35-16)29-13-11-28(12-14-29)9-4-10-30-23-22(27-31(30)34)24(32)18-5-2-3-6-19(18)25(23)33/h2-3,5-8,15H,4,9-14H2,1H3. The van der Waals surface area contributed by atoms with E-state index in [0.29, 0.717) is 29.1 Å². The summed E-state index contributed by atoms with van der Waals surface area (Å²) in [4.78, 5) is 35.5. The topological polar surface area (TPSA) is 98.3 Å². The van der Waals surface area contributed by atoms with E-state index >= 15 is 0 Å². The van der Waals surface area contributed by atoms with Crippen molar-refractivity contribution in [3.05, 3.63) is 75.2 Å².